The number of thiocarbonyl (C=S) groups is 1. The Balaban J connectivity index is 1.74. The first-order chi connectivity index (χ1) is 13.2. The Morgan fingerprint density at radius 1 is 1.26 bits per heavy atom. The van der Waals surface area contributed by atoms with Crippen molar-refractivity contribution >= 4 is 33.8 Å². The number of fused-ring (bicyclic) bond motifs is 2. The number of nitrogens with one attached hydrogen (secondary N) is 1. The maximum absolute atomic E-state index is 5.64. The molecule has 0 amide bonds. The van der Waals surface area contributed by atoms with Crippen molar-refractivity contribution in [2.45, 2.75) is 46.1 Å². The fourth-order valence-electron chi connectivity index (χ4n) is 4.71. The topological polar surface area (TPSA) is 23.4 Å². The normalized spacial score (nSPS) is 18.9. The van der Waals surface area contributed by atoms with Crippen LogP contribution in [0.3, 0.4) is 0 Å². The van der Waals surface area contributed by atoms with Crippen LogP contribution >= 0.6 is 12.2 Å². The van der Waals surface area contributed by atoms with Crippen molar-refractivity contribution in [2.24, 2.45) is 0 Å². The van der Waals surface area contributed by atoms with Crippen LogP contribution in [0.4, 0.5) is 0 Å². The van der Waals surface area contributed by atoms with Gasteiger partial charge in [0.15, 0.2) is 5.11 Å². The molecule has 2 aliphatic rings. The molecule has 0 saturated heterocycles. The van der Waals surface area contributed by atoms with Crippen LogP contribution in [0.5, 0.6) is 0 Å². The molecule has 2 aromatic rings. The molecule has 0 unspecified atom stereocenters. The Morgan fingerprint density at radius 2 is 2.07 bits per heavy atom. The molecule has 4 rings (SSSR count). The van der Waals surface area contributed by atoms with E-state index in [1.54, 1.807) is 0 Å². The van der Waals surface area contributed by atoms with Crippen molar-refractivity contribution in [2.75, 3.05) is 31.6 Å². The van der Waals surface area contributed by atoms with Gasteiger partial charge in [0.1, 0.15) is 0 Å². The van der Waals surface area contributed by atoms with Gasteiger partial charge in [0.05, 0.1) is 5.52 Å². The van der Waals surface area contributed by atoms with Gasteiger partial charge >= 0.3 is 0 Å². The molecule has 1 aromatic carbocycles. The Labute approximate surface area is 167 Å². The van der Waals surface area contributed by atoms with Crippen LogP contribution in [0.2, 0.25) is 0 Å². The van der Waals surface area contributed by atoms with Gasteiger partial charge in [0.2, 0.25) is 0 Å². The van der Waals surface area contributed by atoms with Gasteiger partial charge in [-0.3, -0.25) is 15.0 Å². The van der Waals surface area contributed by atoms with E-state index in [1.807, 2.05) is 0 Å². The van der Waals surface area contributed by atoms with Crippen molar-refractivity contribution in [1.29, 1.82) is 0 Å². The van der Waals surface area contributed by atoms with E-state index in [0.717, 1.165) is 31.0 Å². The number of aromatic nitrogens is 1. The molecule has 0 spiro atoms. The average molecular weight is 383 g/mol. The zero-order valence-corrected chi connectivity index (χ0v) is 17.5. The predicted octanol–water partition coefficient (Wildman–Crippen LogP) is 4.24. The van der Waals surface area contributed by atoms with E-state index < -0.39 is 0 Å². The highest BCUT2D eigenvalue weighted by atomic mass is 32.1. The second-order valence-corrected chi connectivity index (χ2v) is 7.90. The lowest BCUT2D eigenvalue weighted by molar-refractivity contribution is 0.229. The third-order valence-electron chi connectivity index (χ3n) is 5.99. The Bertz CT molecular complexity index is 878. The molecule has 1 aliphatic heterocycles. The highest BCUT2D eigenvalue weighted by molar-refractivity contribution is 7.80. The number of rotatable bonds is 5. The lowest BCUT2D eigenvalue weighted by Gasteiger charge is -2.39. The third kappa shape index (κ3) is 3.17. The standard InChI is InChI=1S/C22H30N4S/c1-4-12-25-13-8-10-17-18-9-7-11-19-21(18)16(14-20(17)25)15-26(19)23-22(27)24(5-2)6-3/h7,9-11,15,20H,4-6,8,12-14H2,1-3H3,(H,23,27)/t20-/m1/s1. The van der Waals surface area contributed by atoms with Crippen LogP contribution in [0, 0.1) is 0 Å². The van der Waals surface area contributed by atoms with Gasteiger partial charge in [-0.1, -0.05) is 25.1 Å². The molecule has 1 atom stereocenters. The molecule has 1 aromatic heterocycles. The van der Waals surface area contributed by atoms with E-state index in [-0.39, 0.29) is 0 Å². The fourth-order valence-corrected chi connectivity index (χ4v) is 5.06. The fraction of sp³-hybridized carbons (Fsp3) is 0.500. The van der Waals surface area contributed by atoms with Crippen LogP contribution < -0.4 is 5.43 Å². The third-order valence-corrected chi connectivity index (χ3v) is 6.34. The van der Waals surface area contributed by atoms with Gasteiger partial charge < -0.3 is 4.90 Å². The zero-order valence-electron chi connectivity index (χ0n) is 16.7. The van der Waals surface area contributed by atoms with Gasteiger partial charge in [-0.25, -0.2) is 0 Å². The summed E-state index contributed by atoms with van der Waals surface area (Å²) in [6.45, 7) is 10.8. The predicted molar refractivity (Wildman–Crippen MR) is 119 cm³/mol. The molecule has 2 heterocycles. The van der Waals surface area contributed by atoms with Crippen molar-refractivity contribution in [3.8, 4) is 0 Å². The summed E-state index contributed by atoms with van der Waals surface area (Å²) in [5, 5.41) is 2.19. The lowest BCUT2D eigenvalue weighted by atomic mass is 9.81. The second kappa shape index (κ2) is 7.64. The lowest BCUT2D eigenvalue weighted by Crippen LogP contribution is -2.42. The summed E-state index contributed by atoms with van der Waals surface area (Å²) in [6, 6.07) is 7.20. The van der Waals surface area contributed by atoms with E-state index in [0.29, 0.717) is 6.04 Å². The first kappa shape index (κ1) is 18.5. The average Bonchev–Trinajstić information content (AvgIpc) is 3.02. The Kier molecular flexibility index (Phi) is 5.24. The first-order valence-corrected chi connectivity index (χ1v) is 10.7. The summed E-state index contributed by atoms with van der Waals surface area (Å²) in [4.78, 5) is 4.85. The number of hydrogen-bond acceptors (Lipinski definition) is 2. The molecule has 5 heteroatoms. The van der Waals surface area contributed by atoms with Crippen LogP contribution in [-0.4, -0.2) is 51.8 Å². The quantitative estimate of drug-likeness (QED) is 0.782. The van der Waals surface area contributed by atoms with E-state index >= 15 is 0 Å². The summed E-state index contributed by atoms with van der Waals surface area (Å²) >= 11 is 5.64. The summed E-state index contributed by atoms with van der Waals surface area (Å²) in [5.74, 6) is 0. The van der Waals surface area contributed by atoms with Gasteiger partial charge in [0, 0.05) is 37.3 Å². The van der Waals surface area contributed by atoms with Crippen molar-refractivity contribution in [1.82, 2.24) is 14.5 Å². The van der Waals surface area contributed by atoms with E-state index in [1.165, 1.54) is 47.1 Å². The van der Waals surface area contributed by atoms with Gasteiger partial charge in [-0.2, -0.15) is 0 Å². The van der Waals surface area contributed by atoms with Crippen LogP contribution in [0.1, 0.15) is 44.7 Å². The SMILES string of the molecule is CCCN1CCC=C2c3cccc4c3c(cn4NC(=S)N(CC)CC)C[C@H]21. The van der Waals surface area contributed by atoms with Crippen LogP contribution in [0.25, 0.3) is 16.5 Å². The Morgan fingerprint density at radius 3 is 2.81 bits per heavy atom. The zero-order chi connectivity index (χ0) is 19.0. The van der Waals surface area contributed by atoms with Crippen molar-refractivity contribution < 1.29 is 0 Å². The van der Waals surface area contributed by atoms with E-state index in [9.17, 15) is 0 Å². The van der Waals surface area contributed by atoms with Crippen LogP contribution in [0.15, 0.2) is 30.5 Å². The summed E-state index contributed by atoms with van der Waals surface area (Å²) in [7, 11) is 0. The molecule has 1 aliphatic carbocycles. The molecule has 0 radical (unpaired) electrons. The minimum Gasteiger partial charge on any atom is -0.348 e. The first-order valence-electron chi connectivity index (χ1n) is 10.3. The van der Waals surface area contributed by atoms with Crippen molar-refractivity contribution in [3.63, 3.8) is 0 Å². The smallest absolute Gasteiger partial charge is 0.188 e. The molecule has 4 nitrogen and oxygen atoms in total. The van der Waals surface area contributed by atoms with Gasteiger partial charge in [0.25, 0.3) is 0 Å². The molecule has 0 fully saturated rings. The summed E-state index contributed by atoms with van der Waals surface area (Å²) in [6.07, 6.45) is 8.19. The molecular weight excluding hydrogens is 352 g/mol. The molecule has 0 saturated carbocycles. The molecule has 27 heavy (non-hydrogen) atoms. The van der Waals surface area contributed by atoms with E-state index in [4.69, 9.17) is 12.2 Å². The number of benzene rings is 1. The minimum atomic E-state index is 0.516. The number of hydrogen-bond donors (Lipinski definition) is 1. The van der Waals surface area contributed by atoms with Crippen molar-refractivity contribution in [3.05, 3.63) is 41.6 Å². The molecule has 0 bridgehead atoms. The van der Waals surface area contributed by atoms with Gasteiger partial charge in [-0.05, 0) is 74.6 Å². The van der Waals surface area contributed by atoms with E-state index in [2.05, 4.69) is 71.1 Å². The number of nitrogens with zero attached hydrogens (tertiary/aromatic N) is 3. The maximum Gasteiger partial charge on any atom is 0.188 e. The molecule has 144 valence electrons. The summed E-state index contributed by atoms with van der Waals surface area (Å²) < 4.78 is 2.14. The summed E-state index contributed by atoms with van der Waals surface area (Å²) in [5.41, 5.74) is 9.05. The largest absolute Gasteiger partial charge is 0.348 e. The second-order valence-electron chi connectivity index (χ2n) is 7.52. The van der Waals surface area contributed by atoms with Gasteiger partial charge in [-0.15, -0.1) is 0 Å². The maximum atomic E-state index is 5.64. The minimum absolute atomic E-state index is 0.516. The highest BCUT2D eigenvalue weighted by Gasteiger charge is 2.32. The monoisotopic (exact) mass is 382 g/mol. The molecular formula is C22H30N4S. The highest BCUT2D eigenvalue weighted by Crippen LogP contribution is 2.40. The Hall–Kier alpha value is -1.85. The van der Waals surface area contributed by atoms with Crippen LogP contribution in [-0.2, 0) is 6.42 Å². The molecule has 1 N–H and O–H groups in total.